The van der Waals surface area contributed by atoms with E-state index in [1.165, 1.54) is 16.7 Å². The molecule has 0 radical (unpaired) electrons. The maximum absolute atomic E-state index is 12.9. The highest BCUT2D eigenvalue weighted by atomic mass is 35.5. The topological polar surface area (TPSA) is 49.4 Å². The smallest absolute Gasteiger partial charge is 0.265 e. The number of carbonyl (C=O) groups excluding carboxylic acids is 2. The van der Waals surface area contributed by atoms with Crippen LogP contribution in [0.1, 0.15) is 5.56 Å². The summed E-state index contributed by atoms with van der Waals surface area (Å²) in [5.74, 6) is -0.408. The number of hydrogen-bond donors (Lipinski definition) is 1. The number of halogens is 1. The number of nitrogens with one attached hydrogen (secondary N) is 1. The van der Waals surface area contributed by atoms with Crippen molar-refractivity contribution in [1.29, 1.82) is 0 Å². The van der Waals surface area contributed by atoms with Crippen molar-refractivity contribution in [2.75, 3.05) is 18.5 Å². The average molecular weight is 359 g/mol. The Kier molecular flexibility index (Phi) is 4.92. The molecule has 0 spiro atoms. The molecule has 122 valence electrons. The van der Waals surface area contributed by atoms with Gasteiger partial charge in [-0.25, -0.2) is 0 Å². The molecule has 1 heterocycles. The maximum atomic E-state index is 12.9. The standard InChI is InChI=1S/C18H15ClN2O2S/c1-20-17(22)11-21-14-7-2-3-8-15(14)24-16(18(21)23)10-12-5-4-6-13(19)9-12/h2-10H,11H2,1H3,(H,20,22)/b16-10-. The third-order valence-electron chi connectivity index (χ3n) is 3.56. The summed E-state index contributed by atoms with van der Waals surface area (Å²) in [6.45, 7) is -0.0141. The molecule has 2 amide bonds. The molecule has 0 aromatic heterocycles. The highest BCUT2D eigenvalue weighted by Gasteiger charge is 2.30. The molecular formula is C18H15ClN2O2S. The summed E-state index contributed by atoms with van der Waals surface area (Å²) in [5.41, 5.74) is 1.59. The van der Waals surface area contributed by atoms with E-state index in [0.717, 1.165) is 16.1 Å². The number of nitrogens with zero attached hydrogens (tertiary/aromatic N) is 1. The molecule has 0 unspecified atom stereocenters. The van der Waals surface area contributed by atoms with E-state index in [1.54, 1.807) is 25.3 Å². The molecule has 1 aliphatic heterocycles. The zero-order valence-corrected chi connectivity index (χ0v) is 14.5. The first-order valence-corrected chi connectivity index (χ1v) is 8.54. The predicted molar refractivity (Wildman–Crippen MR) is 98.1 cm³/mol. The quantitative estimate of drug-likeness (QED) is 0.853. The van der Waals surface area contributed by atoms with E-state index < -0.39 is 0 Å². The second-order valence-electron chi connectivity index (χ2n) is 5.20. The summed E-state index contributed by atoms with van der Waals surface area (Å²) >= 11 is 7.41. The highest BCUT2D eigenvalue weighted by molar-refractivity contribution is 8.04. The number of amides is 2. The Bertz CT molecular complexity index is 835. The molecule has 0 aliphatic carbocycles. The summed E-state index contributed by atoms with van der Waals surface area (Å²) < 4.78 is 0. The lowest BCUT2D eigenvalue weighted by molar-refractivity contribution is -0.122. The molecule has 3 rings (SSSR count). The van der Waals surface area contributed by atoms with Crippen LogP contribution in [0.25, 0.3) is 6.08 Å². The predicted octanol–water partition coefficient (Wildman–Crippen LogP) is 3.57. The monoisotopic (exact) mass is 358 g/mol. The van der Waals surface area contributed by atoms with E-state index in [2.05, 4.69) is 5.32 Å². The Morgan fingerprint density at radius 3 is 2.79 bits per heavy atom. The zero-order valence-electron chi connectivity index (χ0n) is 13.0. The summed E-state index contributed by atoms with van der Waals surface area (Å²) in [5, 5.41) is 3.17. The van der Waals surface area contributed by atoms with E-state index in [-0.39, 0.29) is 18.4 Å². The number of benzene rings is 2. The number of para-hydroxylation sites is 1. The van der Waals surface area contributed by atoms with Gasteiger partial charge >= 0.3 is 0 Å². The third kappa shape index (κ3) is 3.47. The van der Waals surface area contributed by atoms with Crippen LogP contribution >= 0.6 is 23.4 Å². The second kappa shape index (κ2) is 7.11. The van der Waals surface area contributed by atoms with Gasteiger partial charge in [-0.05, 0) is 35.9 Å². The van der Waals surface area contributed by atoms with Crippen LogP contribution in [0.2, 0.25) is 5.02 Å². The van der Waals surface area contributed by atoms with Gasteiger partial charge in [-0.15, -0.1) is 0 Å². The molecular weight excluding hydrogens is 344 g/mol. The number of hydrogen-bond acceptors (Lipinski definition) is 3. The summed E-state index contributed by atoms with van der Waals surface area (Å²) in [7, 11) is 1.56. The largest absolute Gasteiger partial charge is 0.358 e. The van der Waals surface area contributed by atoms with Crippen molar-refractivity contribution >= 4 is 46.9 Å². The molecule has 1 aliphatic rings. The molecule has 4 nitrogen and oxygen atoms in total. The fraction of sp³-hybridized carbons (Fsp3) is 0.111. The van der Waals surface area contributed by atoms with Gasteiger partial charge in [0.05, 0.1) is 10.6 Å². The fourth-order valence-corrected chi connectivity index (χ4v) is 3.65. The normalized spacial score (nSPS) is 15.3. The van der Waals surface area contributed by atoms with Gasteiger partial charge in [-0.2, -0.15) is 0 Å². The molecule has 0 saturated heterocycles. The van der Waals surface area contributed by atoms with Crippen LogP contribution < -0.4 is 10.2 Å². The van der Waals surface area contributed by atoms with Gasteiger partial charge in [-0.1, -0.05) is 47.6 Å². The third-order valence-corrected chi connectivity index (χ3v) is 4.87. The number of thioether (sulfide) groups is 1. The van der Waals surface area contributed by atoms with Crippen molar-refractivity contribution in [2.24, 2.45) is 0 Å². The van der Waals surface area contributed by atoms with Gasteiger partial charge in [0.1, 0.15) is 6.54 Å². The number of anilines is 1. The number of fused-ring (bicyclic) bond motifs is 1. The number of likely N-dealkylation sites (N-methyl/N-ethyl adjacent to an activating group) is 1. The van der Waals surface area contributed by atoms with Crippen LogP contribution in [0, 0.1) is 0 Å². The molecule has 6 heteroatoms. The van der Waals surface area contributed by atoms with E-state index in [4.69, 9.17) is 11.6 Å². The molecule has 2 aromatic rings. The van der Waals surface area contributed by atoms with Crippen LogP contribution in [-0.4, -0.2) is 25.4 Å². The SMILES string of the molecule is CNC(=O)CN1C(=O)/C(=C/c2cccc(Cl)c2)Sc2ccccc21. The lowest BCUT2D eigenvalue weighted by Gasteiger charge is -2.29. The number of rotatable bonds is 3. The number of carbonyl (C=O) groups is 2. The van der Waals surface area contributed by atoms with Crippen molar-refractivity contribution < 1.29 is 9.59 Å². The zero-order chi connectivity index (χ0) is 17.1. The Morgan fingerprint density at radius 2 is 2.04 bits per heavy atom. The highest BCUT2D eigenvalue weighted by Crippen LogP contribution is 2.41. The average Bonchev–Trinajstić information content (AvgIpc) is 2.58. The van der Waals surface area contributed by atoms with Crippen molar-refractivity contribution in [2.45, 2.75) is 4.90 Å². The van der Waals surface area contributed by atoms with Gasteiger partial charge in [0.25, 0.3) is 5.91 Å². The van der Waals surface area contributed by atoms with Gasteiger partial charge < -0.3 is 5.32 Å². The van der Waals surface area contributed by atoms with E-state index in [0.29, 0.717) is 9.93 Å². The van der Waals surface area contributed by atoms with Crippen molar-refractivity contribution in [3.63, 3.8) is 0 Å². The van der Waals surface area contributed by atoms with E-state index in [9.17, 15) is 9.59 Å². The fourth-order valence-electron chi connectivity index (χ4n) is 2.39. The van der Waals surface area contributed by atoms with Crippen LogP contribution in [0.4, 0.5) is 5.69 Å². The summed E-state index contributed by atoms with van der Waals surface area (Å²) in [6, 6.07) is 14.9. The van der Waals surface area contributed by atoms with Gasteiger partial charge in [0.15, 0.2) is 0 Å². The minimum atomic E-state index is -0.216. The molecule has 24 heavy (non-hydrogen) atoms. The minimum absolute atomic E-state index is 0.0141. The second-order valence-corrected chi connectivity index (χ2v) is 6.72. The Balaban J connectivity index is 2.01. The molecule has 0 bridgehead atoms. The van der Waals surface area contributed by atoms with Crippen LogP contribution in [0.5, 0.6) is 0 Å². The van der Waals surface area contributed by atoms with E-state index in [1.807, 2.05) is 36.4 Å². The summed E-state index contributed by atoms with van der Waals surface area (Å²) in [4.78, 5) is 27.6. The Morgan fingerprint density at radius 1 is 1.25 bits per heavy atom. The van der Waals surface area contributed by atoms with Crippen LogP contribution in [-0.2, 0) is 9.59 Å². The molecule has 0 fully saturated rings. The first kappa shape index (κ1) is 16.6. The van der Waals surface area contributed by atoms with Gasteiger partial charge in [-0.3, -0.25) is 14.5 Å². The van der Waals surface area contributed by atoms with Crippen LogP contribution in [0.3, 0.4) is 0 Å². The van der Waals surface area contributed by atoms with Crippen molar-refractivity contribution in [3.8, 4) is 0 Å². The molecule has 0 saturated carbocycles. The molecule has 1 N–H and O–H groups in total. The molecule has 0 atom stereocenters. The van der Waals surface area contributed by atoms with E-state index >= 15 is 0 Å². The Labute approximate surface area is 149 Å². The first-order chi connectivity index (χ1) is 11.6. The minimum Gasteiger partial charge on any atom is -0.358 e. The van der Waals surface area contributed by atoms with Crippen molar-refractivity contribution in [3.05, 3.63) is 64.0 Å². The van der Waals surface area contributed by atoms with Crippen molar-refractivity contribution in [1.82, 2.24) is 5.32 Å². The van der Waals surface area contributed by atoms with Gasteiger partial charge in [0, 0.05) is 17.0 Å². The lowest BCUT2D eigenvalue weighted by atomic mass is 10.2. The lowest BCUT2D eigenvalue weighted by Crippen LogP contribution is -2.41. The summed E-state index contributed by atoms with van der Waals surface area (Å²) in [6.07, 6.45) is 1.80. The molecule has 2 aromatic carbocycles. The van der Waals surface area contributed by atoms with Gasteiger partial charge in [0.2, 0.25) is 5.91 Å². The van der Waals surface area contributed by atoms with Crippen LogP contribution in [0.15, 0.2) is 58.3 Å². The first-order valence-electron chi connectivity index (χ1n) is 7.35. The maximum Gasteiger partial charge on any atom is 0.265 e. The Hall–Kier alpha value is -2.24.